The Morgan fingerprint density at radius 3 is 2.64 bits per heavy atom. The van der Waals surface area contributed by atoms with Crippen LogP contribution in [0.2, 0.25) is 0 Å². The Bertz CT molecular complexity index is 893. The van der Waals surface area contributed by atoms with Crippen molar-refractivity contribution in [2.45, 2.75) is 49.8 Å². The van der Waals surface area contributed by atoms with Crippen molar-refractivity contribution in [1.29, 1.82) is 5.26 Å². The molecule has 0 fully saturated rings. The molecule has 28 heavy (non-hydrogen) atoms. The van der Waals surface area contributed by atoms with Crippen LogP contribution in [0, 0.1) is 11.3 Å². The fraction of sp³-hybridized carbons (Fsp3) is 0.333. The van der Waals surface area contributed by atoms with Crippen molar-refractivity contribution in [1.82, 2.24) is 4.98 Å². The number of unbranched alkanes of at least 4 members (excludes halogenated alkanes) is 1. The van der Waals surface area contributed by atoms with Crippen LogP contribution in [0.5, 0.6) is 0 Å². The van der Waals surface area contributed by atoms with E-state index in [1.807, 2.05) is 13.0 Å². The lowest BCUT2D eigenvalue weighted by Gasteiger charge is -2.16. The molecule has 146 valence electrons. The minimum absolute atomic E-state index is 0.0353. The van der Waals surface area contributed by atoms with Crippen molar-refractivity contribution < 1.29 is 14.7 Å². The standard InChI is InChI=1S/C21H23N3O3S/c1-3-5-8-15-12-11-14(13-22)20(23-15)28-18(4-2)19(25)24-17-10-7-6-9-16(17)21(26)27/h6-7,9-12,18H,3-5,8H2,1-2H3,(H,24,25)(H,26,27). The summed E-state index contributed by atoms with van der Waals surface area (Å²) in [6, 6.07) is 12.0. The van der Waals surface area contributed by atoms with Gasteiger partial charge in [0.1, 0.15) is 11.1 Å². The van der Waals surface area contributed by atoms with Crippen molar-refractivity contribution in [3.05, 3.63) is 53.2 Å². The third-order valence-corrected chi connectivity index (χ3v) is 5.52. The van der Waals surface area contributed by atoms with Gasteiger partial charge in [0.05, 0.1) is 22.1 Å². The summed E-state index contributed by atoms with van der Waals surface area (Å²) in [6.45, 7) is 3.97. The van der Waals surface area contributed by atoms with E-state index >= 15 is 0 Å². The van der Waals surface area contributed by atoms with Gasteiger partial charge in [0, 0.05) is 5.69 Å². The minimum Gasteiger partial charge on any atom is -0.478 e. The third kappa shape index (κ3) is 5.57. The zero-order chi connectivity index (χ0) is 20.5. The molecule has 1 heterocycles. The lowest BCUT2D eigenvalue weighted by atomic mass is 10.1. The largest absolute Gasteiger partial charge is 0.478 e. The molecule has 0 bridgehead atoms. The first kappa shape index (κ1) is 21.5. The predicted octanol–water partition coefficient (Wildman–Crippen LogP) is 4.50. The number of hydrogen-bond donors (Lipinski definition) is 2. The summed E-state index contributed by atoms with van der Waals surface area (Å²) in [6.07, 6.45) is 3.39. The van der Waals surface area contributed by atoms with Crippen LogP contribution in [0.15, 0.2) is 41.4 Å². The van der Waals surface area contributed by atoms with Gasteiger partial charge in [0.15, 0.2) is 0 Å². The van der Waals surface area contributed by atoms with Gasteiger partial charge in [0.2, 0.25) is 5.91 Å². The summed E-state index contributed by atoms with van der Waals surface area (Å²) in [4.78, 5) is 28.7. The number of carboxylic acid groups (broad SMARTS) is 1. The van der Waals surface area contributed by atoms with Gasteiger partial charge in [0.25, 0.3) is 0 Å². The Morgan fingerprint density at radius 2 is 2.00 bits per heavy atom. The second kappa shape index (κ2) is 10.5. The number of aromatic nitrogens is 1. The summed E-state index contributed by atoms with van der Waals surface area (Å²) in [5.41, 5.74) is 1.62. The number of para-hydroxylation sites is 1. The molecular weight excluding hydrogens is 374 g/mol. The number of amides is 1. The van der Waals surface area contributed by atoms with Gasteiger partial charge in [-0.3, -0.25) is 4.79 Å². The van der Waals surface area contributed by atoms with Gasteiger partial charge in [-0.2, -0.15) is 5.26 Å². The number of thioether (sulfide) groups is 1. The molecule has 1 aromatic carbocycles. The van der Waals surface area contributed by atoms with Crippen LogP contribution in [-0.4, -0.2) is 27.2 Å². The van der Waals surface area contributed by atoms with E-state index in [4.69, 9.17) is 0 Å². The number of nitriles is 1. The molecule has 6 nitrogen and oxygen atoms in total. The number of nitrogens with one attached hydrogen (secondary N) is 1. The van der Waals surface area contributed by atoms with Gasteiger partial charge >= 0.3 is 5.97 Å². The zero-order valence-electron chi connectivity index (χ0n) is 15.9. The maximum absolute atomic E-state index is 12.7. The normalized spacial score (nSPS) is 11.5. The van der Waals surface area contributed by atoms with Crippen LogP contribution in [0.3, 0.4) is 0 Å². The van der Waals surface area contributed by atoms with E-state index < -0.39 is 11.2 Å². The zero-order valence-corrected chi connectivity index (χ0v) is 16.8. The van der Waals surface area contributed by atoms with E-state index in [9.17, 15) is 20.0 Å². The number of aryl methyl sites for hydroxylation is 1. The minimum atomic E-state index is -1.10. The number of benzene rings is 1. The second-order valence-electron chi connectivity index (χ2n) is 6.23. The first-order valence-electron chi connectivity index (χ1n) is 9.20. The van der Waals surface area contributed by atoms with E-state index in [1.165, 1.54) is 17.8 Å². The SMILES string of the molecule is CCCCc1ccc(C#N)c(SC(CC)C(=O)Nc2ccccc2C(=O)O)n1. The van der Waals surface area contributed by atoms with E-state index in [0.717, 1.165) is 25.0 Å². The van der Waals surface area contributed by atoms with Gasteiger partial charge in [-0.25, -0.2) is 9.78 Å². The molecule has 0 saturated carbocycles. The lowest BCUT2D eigenvalue weighted by molar-refractivity contribution is -0.115. The molecular formula is C21H23N3O3S. The number of carbonyl (C=O) groups is 2. The molecule has 0 aliphatic carbocycles. The Hall–Kier alpha value is -2.85. The number of hydrogen-bond acceptors (Lipinski definition) is 5. The van der Waals surface area contributed by atoms with Crippen molar-refractivity contribution in [3.8, 4) is 6.07 Å². The van der Waals surface area contributed by atoms with E-state index in [1.54, 1.807) is 24.3 Å². The molecule has 1 unspecified atom stereocenters. The molecule has 1 atom stereocenters. The molecule has 0 saturated heterocycles. The number of pyridine rings is 1. The molecule has 0 radical (unpaired) electrons. The fourth-order valence-corrected chi connectivity index (χ4v) is 3.61. The Balaban J connectivity index is 2.21. The summed E-state index contributed by atoms with van der Waals surface area (Å²) < 4.78 is 0. The molecule has 0 aliphatic heterocycles. The molecule has 7 heteroatoms. The Kier molecular flexibility index (Phi) is 8.02. The lowest BCUT2D eigenvalue weighted by Crippen LogP contribution is -2.25. The molecule has 2 rings (SSSR count). The molecule has 1 amide bonds. The van der Waals surface area contributed by atoms with E-state index in [0.29, 0.717) is 17.0 Å². The Labute approximate surface area is 169 Å². The molecule has 2 N–H and O–H groups in total. The highest BCUT2D eigenvalue weighted by molar-refractivity contribution is 8.00. The summed E-state index contributed by atoms with van der Waals surface area (Å²) in [5.74, 6) is -1.42. The number of rotatable bonds is 9. The average Bonchev–Trinajstić information content (AvgIpc) is 2.70. The van der Waals surface area contributed by atoms with Crippen LogP contribution in [0.1, 0.15) is 54.7 Å². The maximum atomic E-state index is 12.7. The highest BCUT2D eigenvalue weighted by Gasteiger charge is 2.22. The first-order chi connectivity index (χ1) is 13.5. The smallest absolute Gasteiger partial charge is 0.337 e. The van der Waals surface area contributed by atoms with Crippen LogP contribution in [0.4, 0.5) is 5.69 Å². The van der Waals surface area contributed by atoms with Crippen molar-refractivity contribution in [2.24, 2.45) is 0 Å². The number of carbonyl (C=O) groups excluding carboxylic acids is 1. The topological polar surface area (TPSA) is 103 Å². The van der Waals surface area contributed by atoms with Gasteiger partial charge in [-0.1, -0.05) is 44.2 Å². The third-order valence-electron chi connectivity index (χ3n) is 4.16. The Morgan fingerprint density at radius 1 is 1.25 bits per heavy atom. The van der Waals surface area contributed by atoms with Crippen molar-refractivity contribution >= 4 is 29.3 Å². The predicted molar refractivity (Wildman–Crippen MR) is 110 cm³/mol. The quantitative estimate of drug-likeness (QED) is 0.604. The second-order valence-corrected chi connectivity index (χ2v) is 7.42. The van der Waals surface area contributed by atoms with Crippen LogP contribution in [-0.2, 0) is 11.2 Å². The summed E-state index contributed by atoms with van der Waals surface area (Å²) >= 11 is 1.24. The molecule has 0 spiro atoms. The highest BCUT2D eigenvalue weighted by atomic mass is 32.2. The van der Waals surface area contributed by atoms with Gasteiger partial charge < -0.3 is 10.4 Å². The monoisotopic (exact) mass is 397 g/mol. The molecule has 2 aromatic rings. The number of anilines is 1. The van der Waals surface area contributed by atoms with Crippen LogP contribution in [0.25, 0.3) is 0 Å². The number of carboxylic acids is 1. The fourth-order valence-electron chi connectivity index (χ4n) is 2.60. The van der Waals surface area contributed by atoms with Crippen molar-refractivity contribution in [3.63, 3.8) is 0 Å². The highest BCUT2D eigenvalue weighted by Crippen LogP contribution is 2.29. The molecule has 0 aliphatic rings. The summed E-state index contributed by atoms with van der Waals surface area (Å²) in [7, 11) is 0. The van der Waals surface area contributed by atoms with E-state index in [2.05, 4.69) is 23.3 Å². The average molecular weight is 398 g/mol. The van der Waals surface area contributed by atoms with Gasteiger partial charge in [-0.05, 0) is 43.5 Å². The van der Waals surface area contributed by atoms with Crippen LogP contribution >= 0.6 is 11.8 Å². The van der Waals surface area contributed by atoms with Crippen molar-refractivity contribution in [2.75, 3.05) is 5.32 Å². The maximum Gasteiger partial charge on any atom is 0.337 e. The number of nitrogens with zero attached hydrogens (tertiary/aromatic N) is 2. The summed E-state index contributed by atoms with van der Waals surface area (Å²) in [5, 5.41) is 21.4. The molecule has 1 aromatic heterocycles. The van der Waals surface area contributed by atoms with Crippen LogP contribution < -0.4 is 5.32 Å². The number of aromatic carboxylic acids is 1. The first-order valence-corrected chi connectivity index (χ1v) is 10.1. The van der Waals surface area contributed by atoms with Gasteiger partial charge in [-0.15, -0.1) is 0 Å². The van der Waals surface area contributed by atoms with E-state index in [-0.39, 0.29) is 17.2 Å².